The predicted molar refractivity (Wildman–Crippen MR) is 162 cm³/mol. The number of rotatable bonds is 10. The third-order valence-corrected chi connectivity index (χ3v) is 8.53. The Morgan fingerprint density at radius 2 is 1.56 bits per heavy atom. The molecule has 0 bridgehead atoms. The highest BCUT2D eigenvalue weighted by atomic mass is 35.5. The average molecular weight is 596 g/mol. The van der Waals surface area contributed by atoms with Crippen LogP contribution in [-0.4, -0.2) is 42.0 Å². The molecule has 1 atom stereocenters. The Kier molecular flexibility index (Phi) is 10.1. The van der Waals surface area contributed by atoms with Gasteiger partial charge in [-0.15, -0.1) is 0 Å². The first-order valence-electron chi connectivity index (χ1n) is 14.4. The quantitative estimate of drug-likeness (QED) is 0.281. The van der Waals surface area contributed by atoms with Crippen LogP contribution in [0.2, 0.25) is 10.0 Å². The van der Waals surface area contributed by atoms with E-state index < -0.39 is 6.04 Å². The number of carbonyl (C=O) groups is 2. The van der Waals surface area contributed by atoms with Crippen LogP contribution in [0.1, 0.15) is 55.2 Å². The van der Waals surface area contributed by atoms with Gasteiger partial charge in [-0.3, -0.25) is 9.59 Å². The molecule has 1 saturated carbocycles. The van der Waals surface area contributed by atoms with Gasteiger partial charge in [0.05, 0.1) is 10.0 Å². The summed E-state index contributed by atoms with van der Waals surface area (Å²) < 4.78 is 11.4. The fourth-order valence-corrected chi connectivity index (χ4v) is 5.89. The average Bonchev–Trinajstić information content (AvgIpc) is 3.00. The van der Waals surface area contributed by atoms with Crippen LogP contribution in [0.15, 0.2) is 66.7 Å². The number of halogens is 2. The van der Waals surface area contributed by atoms with E-state index in [1.165, 1.54) is 6.42 Å². The van der Waals surface area contributed by atoms with Crippen LogP contribution in [0, 0.1) is 0 Å². The normalized spacial score (nSPS) is 15.7. The molecule has 5 rings (SSSR count). The first kappa shape index (κ1) is 29.3. The van der Waals surface area contributed by atoms with Crippen molar-refractivity contribution in [2.45, 2.75) is 70.0 Å². The number of carbonyl (C=O) groups excluding carboxylic acids is 2. The summed E-state index contributed by atoms with van der Waals surface area (Å²) in [5.74, 6) is 1.19. The lowest BCUT2D eigenvalue weighted by Crippen LogP contribution is -2.52. The van der Waals surface area contributed by atoms with Crippen molar-refractivity contribution < 1.29 is 19.1 Å². The summed E-state index contributed by atoms with van der Waals surface area (Å²) in [6.07, 6.45) is 6.51. The highest BCUT2D eigenvalue weighted by Crippen LogP contribution is 2.31. The largest absolute Gasteiger partial charge is 0.486 e. The van der Waals surface area contributed by atoms with Gasteiger partial charge >= 0.3 is 0 Å². The van der Waals surface area contributed by atoms with E-state index in [9.17, 15) is 9.59 Å². The van der Waals surface area contributed by atoms with Crippen molar-refractivity contribution in [2.75, 3.05) is 13.2 Å². The van der Waals surface area contributed by atoms with Gasteiger partial charge in [0.1, 0.15) is 19.3 Å². The van der Waals surface area contributed by atoms with Crippen molar-refractivity contribution in [1.82, 2.24) is 10.2 Å². The Hall–Kier alpha value is -3.22. The molecule has 0 radical (unpaired) electrons. The number of nitrogens with zero attached hydrogens (tertiary/aromatic N) is 1. The second-order valence-corrected chi connectivity index (χ2v) is 11.6. The van der Waals surface area contributed by atoms with Crippen LogP contribution >= 0.6 is 23.2 Å². The summed E-state index contributed by atoms with van der Waals surface area (Å²) in [4.78, 5) is 29.7. The Balaban J connectivity index is 1.41. The van der Waals surface area contributed by atoms with Crippen LogP contribution in [0.5, 0.6) is 11.5 Å². The first-order valence-corrected chi connectivity index (χ1v) is 15.2. The zero-order chi connectivity index (χ0) is 28.6. The van der Waals surface area contributed by atoms with E-state index in [2.05, 4.69) is 5.32 Å². The Labute approximate surface area is 251 Å². The van der Waals surface area contributed by atoms with E-state index >= 15 is 0 Å². The minimum Gasteiger partial charge on any atom is -0.486 e. The molecule has 2 aliphatic rings. The third kappa shape index (κ3) is 7.96. The van der Waals surface area contributed by atoms with Gasteiger partial charge in [0.15, 0.2) is 11.5 Å². The lowest BCUT2D eigenvalue weighted by Gasteiger charge is -2.33. The van der Waals surface area contributed by atoms with E-state index in [-0.39, 0.29) is 30.8 Å². The maximum absolute atomic E-state index is 14.0. The van der Waals surface area contributed by atoms with Gasteiger partial charge in [-0.2, -0.15) is 0 Å². The monoisotopic (exact) mass is 594 g/mol. The van der Waals surface area contributed by atoms with E-state index in [1.54, 1.807) is 17.0 Å². The van der Waals surface area contributed by atoms with Crippen molar-refractivity contribution in [2.24, 2.45) is 0 Å². The van der Waals surface area contributed by atoms with E-state index in [0.29, 0.717) is 41.9 Å². The van der Waals surface area contributed by atoms with Gasteiger partial charge < -0.3 is 19.7 Å². The van der Waals surface area contributed by atoms with Crippen molar-refractivity contribution in [1.29, 1.82) is 0 Å². The molecule has 0 aromatic heterocycles. The number of fused-ring (bicyclic) bond motifs is 1. The number of benzene rings is 3. The Morgan fingerprint density at radius 1 is 0.829 bits per heavy atom. The van der Waals surface area contributed by atoms with Crippen molar-refractivity contribution in [3.8, 4) is 11.5 Å². The maximum Gasteiger partial charge on any atom is 0.243 e. The second kappa shape index (κ2) is 14.1. The molecule has 3 aromatic rings. The fourth-order valence-electron chi connectivity index (χ4n) is 5.57. The molecule has 3 aromatic carbocycles. The summed E-state index contributed by atoms with van der Waals surface area (Å²) in [6.45, 7) is 1.27. The van der Waals surface area contributed by atoms with Gasteiger partial charge in [-0.25, -0.2) is 0 Å². The molecule has 216 valence electrons. The van der Waals surface area contributed by atoms with Crippen LogP contribution < -0.4 is 14.8 Å². The van der Waals surface area contributed by atoms with E-state index in [4.69, 9.17) is 32.7 Å². The highest BCUT2D eigenvalue weighted by molar-refractivity contribution is 6.42. The number of aryl methyl sites for hydroxylation is 1. The van der Waals surface area contributed by atoms with Gasteiger partial charge in [0.2, 0.25) is 11.8 Å². The lowest BCUT2D eigenvalue weighted by atomic mass is 9.94. The third-order valence-electron chi connectivity index (χ3n) is 7.79. The number of hydrogen-bond donors (Lipinski definition) is 1. The molecule has 1 fully saturated rings. The fraction of sp³-hybridized carbons (Fsp3) is 0.394. The number of amides is 2. The first-order chi connectivity index (χ1) is 20.0. The van der Waals surface area contributed by atoms with Crippen molar-refractivity contribution >= 4 is 35.0 Å². The van der Waals surface area contributed by atoms with Crippen LogP contribution in [0.4, 0.5) is 0 Å². The maximum atomic E-state index is 14.0. The molecule has 0 unspecified atom stereocenters. The summed E-state index contributed by atoms with van der Waals surface area (Å²) in [5.41, 5.74) is 2.79. The molecule has 41 heavy (non-hydrogen) atoms. The van der Waals surface area contributed by atoms with Gasteiger partial charge in [-0.05, 0) is 60.2 Å². The van der Waals surface area contributed by atoms with E-state index in [1.807, 2.05) is 54.6 Å². The molecule has 2 amide bonds. The molecule has 0 saturated heterocycles. The number of ether oxygens (including phenoxy) is 2. The summed E-state index contributed by atoms with van der Waals surface area (Å²) in [6, 6.07) is 20.4. The number of hydrogen-bond acceptors (Lipinski definition) is 4. The smallest absolute Gasteiger partial charge is 0.243 e. The molecule has 8 heteroatoms. The zero-order valence-corrected chi connectivity index (χ0v) is 24.6. The number of nitrogens with one attached hydrogen (secondary N) is 1. The second-order valence-electron chi connectivity index (χ2n) is 10.8. The molecule has 1 N–H and O–H groups in total. The van der Waals surface area contributed by atoms with Crippen LogP contribution in [-0.2, 0) is 29.0 Å². The molecule has 0 spiro atoms. The predicted octanol–water partition coefficient (Wildman–Crippen LogP) is 6.79. The molecule has 6 nitrogen and oxygen atoms in total. The topological polar surface area (TPSA) is 67.9 Å². The van der Waals surface area contributed by atoms with Crippen LogP contribution in [0.3, 0.4) is 0 Å². The van der Waals surface area contributed by atoms with Gasteiger partial charge in [0, 0.05) is 25.4 Å². The zero-order valence-electron chi connectivity index (χ0n) is 23.1. The van der Waals surface area contributed by atoms with Crippen LogP contribution in [0.25, 0.3) is 0 Å². The summed E-state index contributed by atoms with van der Waals surface area (Å²) in [5, 5.41) is 4.14. The molecular formula is C33H36Cl2N2O4. The van der Waals surface area contributed by atoms with E-state index in [0.717, 1.165) is 48.1 Å². The van der Waals surface area contributed by atoms with Gasteiger partial charge in [0.25, 0.3) is 0 Å². The SMILES string of the molecule is O=C(NC1CCCCC1)[C@@H](Cc1ccccc1)N(Cc1ccc(Cl)c(Cl)c1)C(=O)CCc1ccc2c(c1)OCCO2. The van der Waals surface area contributed by atoms with Crippen molar-refractivity contribution in [3.05, 3.63) is 93.5 Å². The standard InChI is InChI=1S/C33H36Cl2N2O4/c34-27-14-11-25(19-28(27)35)22-37(32(38)16-13-24-12-15-30-31(21-24)41-18-17-40-30)29(20-23-7-3-1-4-8-23)33(39)36-26-9-5-2-6-10-26/h1,3-4,7-8,11-12,14-15,19,21,26,29H,2,5-6,9-10,13,16-18,20,22H2,(H,36,39)/t29-/m1/s1. The highest BCUT2D eigenvalue weighted by Gasteiger charge is 2.32. The molecular weight excluding hydrogens is 559 g/mol. The lowest BCUT2D eigenvalue weighted by molar-refractivity contribution is -0.141. The summed E-state index contributed by atoms with van der Waals surface area (Å²) in [7, 11) is 0. The van der Waals surface area contributed by atoms with Crippen molar-refractivity contribution in [3.63, 3.8) is 0 Å². The molecule has 1 aliphatic heterocycles. The molecule has 1 heterocycles. The minimum atomic E-state index is -0.679. The molecule has 1 aliphatic carbocycles. The minimum absolute atomic E-state index is 0.106. The Bertz CT molecular complexity index is 1340. The van der Waals surface area contributed by atoms with Gasteiger partial charge in [-0.1, -0.05) is 84.9 Å². The Morgan fingerprint density at radius 3 is 2.32 bits per heavy atom. The summed E-state index contributed by atoms with van der Waals surface area (Å²) >= 11 is 12.5.